The van der Waals surface area contributed by atoms with Crippen LogP contribution in [-0.4, -0.2) is 5.78 Å². The highest BCUT2D eigenvalue weighted by atomic mass is 35.5. The normalized spacial score (nSPS) is 13.1. The number of carbonyl (C=O) groups excluding carboxylic acids is 1. The fourth-order valence-corrected chi connectivity index (χ4v) is 3.33. The molecule has 4 rings (SSSR count). The Morgan fingerprint density at radius 2 is 1.52 bits per heavy atom. The lowest BCUT2D eigenvalue weighted by Crippen LogP contribution is -2.02. The van der Waals surface area contributed by atoms with Gasteiger partial charge in [0, 0.05) is 21.8 Å². The van der Waals surface area contributed by atoms with Gasteiger partial charge in [0.25, 0.3) is 0 Å². The van der Waals surface area contributed by atoms with E-state index >= 15 is 0 Å². The van der Waals surface area contributed by atoms with Crippen molar-refractivity contribution in [2.45, 2.75) is 6.92 Å². The van der Waals surface area contributed by atoms with Crippen LogP contribution in [0.25, 0.3) is 11.3 Å². The molecule has 0 saturated heterocycles. The zero-order valence-electron chi connectivity index (χ0n) is 13.7. The maximum Gasteiger partial charge on any atom is 0.196 e. The maximum absolute atomic E-state index is 13.0. The lowest BCUT2D eigenvalue weighted by atomic mass is 10.0. The van der Waals surface area contributed by atoms with Crippen molar-refractivity contribution >= 4 is 34.3 Å². The van der Waals surface area contributed by atoms with Crippen molar-refractivity contribution < 1.29 is 4.79 Å². The number of aryl methyl sites for hydroxylation is 1. The van der Waals surface area contributed by atoms with Crippen LogP contribution in [-0.2, 0) is 0 Å². The van der Waals surface area contributed by atoms with Crippen LogP contribution in [0.5, 0.6) is 0 Å². The van der Waals surface area contributed by atoms with Crippen LogP contribution in [0, 0.1) is 6.92 Å². The Bertz CT molecular complexity index is 1010. The van der Waals surface area contributed by atoms with Crippen molar-refractivity contribution in [3.8, 4) is 0 Å². The number of fused-ring (bicyclic) bond motifs is 1. The number of ketones is 1. The Morgan fingerprint density at radius 1 is 0.840 bits per heavy atom. The van der Waals surface area contributed by atoms with Gasteiger partial charge in [-0.1, -0.05) is 72.3 Å². The Labute approximate surface area is 151 Å². The number of halogens is 1. The van der Waals surface area contributed by atoms with Crippen molar-refractivity contribution in [2.24, 2.45) is 0 Å². The standard InChI is InChI=1S/C22H16ClNO/c1-14-11-12-16(23)13-19(14)24-21-17-9-5-6-10-18(17)22(25)20(21)15-7-3-2-4-8-15/h2-13,24H,1H3. The van der Waals surface area contributed by atoms with Gasteiger partial charge in [0.05, 0.1) is 11.3 Å². The van der Waals surface area contributed by atoms with E-state index in [1.54, 1.807) is 0 Å². The third kappa shape index (κ3) is 2.75. The predicted molar refractivity (Wildman–Crippen MR) is 104 cm³/mol. The van der Waals surface area contributed by atoms with Crippen LogP contribution < -0.4 is 5.32 Å². The van der Waals surface area contributed by atoms with Gasteiger partial charge in [-0.3, -0.25) is 4.79 Å². The number of hydrogen-bond acceptors (Lipinski definition) is 2. The third-order valence-electron chi connectivity index (χ3n) is 4.44. The van der Waals surface area contributed by atoms with E-state index in [1.807, 2.05) is 79.7 Å². The first-order valence-corrected chi connectivity index (χ1v) is 8.50. The summed E-state index contributed by atoms with van der Waals surface area (Å²) in [6.45, 7) is 2.02. The molecule has 1 aliphatic rings. The van der Waals surface area contributed by atoms with Crippen molar-refractivity contribution in [1.82, 2.24) is 0 Å². The van der Waals surface area contributed by atoms with Gasteiger partial charge in [0.1, 0.15) is 0 Å². The van der Waals surface area contributed by atoms with Crippen molar-refractivity contribution in [3.63, 3.8) is 0 Å². The Hall–Kier alpha value is -2.84. The van der Waals surface area contributed by atoms with Crippen LogP contribution in [0.2, 0.25) is 5.02 Å². The van der Waals surface area contributed by atoms with Crippen LogP contribution in [0.4, 0.5) is 5.69 Å². The van der Waals surface area contributed by atoms with E-state index in [0.717, 1.165) is 33.6 Å². The fraction of sp³-hybridized carbons (Fsp3) is 0.0455. The van der Waals surface area contributed by atoms with Gasteiger partial charge in [-0.25, -0.2) is 0 Å². The lowest BCUT2D eigenvalue weighted by Gasteiger charge is -2.14. The van der Waals surface area contributed by atoms with E-state index in [2.05, 4.69) is 5.32 Å². The van der Waals surface area contributed by atoms with Gasteiger partial charge in [0.15, 0.2) is 5.78 Å². The minimum absolute atomic E-state index is 0.0454. The predicted octanol–water partition coefficient (Wildman–Crippen LogP) is 5.83. The molecule has 0 bridgehead atoms. The number of allylic oxidation sites excluding steroid dienone is 1. The molecule has 0 unspecified atom stereocenters. The molecular weight excluding hydrogens is 330 g/mol. The average molecular weight is 346 g/mol. The number of benzene rings is 3. The molecule has 122 valence electrons. The molecule has 1 aliphatic carbocycles. The van der Waals surface area contributed by atoms with Crippen molar-refractivity contribution in [1.29, 1.82) is 0 Å². The summed E-state index contributed by atoms with van der Waals surface area (Å²) in [5.74, 6) is 0.0454. The first-order valence-electron chi connectivity index (χ1n) is 8.12. The number of carbonyl (C=O) groups is 1. The molecule has 25 heavy (non-hydrogen) atoms. The first-order chi connectivity index (χ1) is 12.1. The monoisotopic (exact) mass is 345 g/mol. The second-order valence-electron chi connectivity index (χ2n) is 6.07. The number of nitrogens with one attached hydrogen (secondary N) is 1. The van der Waals surface area contributed by atoms with E-state index in [0.29, 0.717) is 10.6 Å². The fourth-order valence-electron chi connectivity index (χ4n) is 3.16. The van der Waals surface area contributed by atoms with Crippen LogP contribution in [0.15, 0.2) is 72.8 Å². The van der Waals surface area contributed by atoms with Crippen LogP contribution in [0.1, 0.15) is 27.0 Å². The maximum atomic E-state index is 13.0. The van der Waals surface area contributed by atoms with Crippen LogP contribution in [0.3, 0.4) is 0 Å². The highest BCUT2D eigenvalue weighted by molar-refractivity contribution is 6.40. The first kappa shape index (κ1) is 15.7. The second-order valence-corrected chi connectivity index (χ2v) is 6.51. The van der Waals surface area contributed by atoms with Crippen molar-refractivity contribution in [2.75, 3.05) is 5.32 Å². The van der Waals surface area contributed by atoms with Gasteiger partial charge in [-0.15, -0.1) is 0 Å². The Morgan fingerprint density at radius 3 is 2.28 bits per heavy atom. The topological polar surface area (TPSA) is 29.1 Å². The molecule has 1 N–H and O–H groups in total. The number of Topliss-reactive ketones (excluding diaryl/α,β-unsaturated/α-hetero) is 1. The molecule has 0 heterocycles. The summed E-state index contributed by atoms with van der Waals surface area (Å²) in [6.07, 6.45) is 0. The molecular formula is C22H16ClNO. The molecule has 0 saturated carbocycles. The zero-order chi connectivity index (χ0) is 17.4. The summed E-state index contributed by atoms with van der Waals surface area (Å²) in [4.78, 5) is 13.0. The minimum atomic E-state index is 0.0454. The molecule has 0 aromatic heterocycles. The molecule has 0 aliphatic heterocycles. The summed E-state index contributed by atoms with van der Waals surface area (Å²) in [7, 11) is 0. The summed E-state index contributed by atoms with van der Waals surface area (Å²) in [5.41, 5.74) is 6.06. The zero-order valence-corrected chi connectivity index (χ0v) is 14.5. The van der Waals surface area contributed by atoms with Gasteiger partial charge >= 0.3 is 0 Å². The van der Waals surface area contributed by atoms with Gasteiger partial charge in [-0.2, -0.15) is 0 Å². The summed E-state index contributed by atoms with van der Waals surface area (Å²) < 4.78 is 0. The molecule has 0 radical (unpaired) electrons. The third-order valence-corrected chi connectivity index (χ3v) is 4.67. The number of hydrogen-bond donors (Lipinski definition) is 1. The average Bonchev–Trinajstić information content (AvgIpc) is 2.91. The summed E-state index contributed by atoms with van der Waals surface area (Å²) in [6, 6.07) is 23.2. The molecule has 0 amide bonds. The molecule has 3 aromatic carbocycles. The molecule has 2 nitrogen and oxygen atoms in total. The van der Waals surface area contributed by atoms with E-state index in [1.165, 1.54) is 0 Å². The highest BCUT2D eigenvalue weighted by Crippen LogP contribution is 2.39. The van der Waals surface area contributed by atoms with Gasteiger partial charge < -0.3 is 5.32 Å². The van der Waals surface area contributed by atoms with Crippen LogP contribution >= 0.6 is 11.6 Å². The molecule has 0 atom stereocenters. The summed E-state index contributed by atoms with van der Waals surface area (Å²) >= 11 is 6.16. The van der Waals surface area contributed by atoms with E-state index in [9.17, 15) is 4.79 Å². The second kappa shape index (κ2) is 6.23. The number of rotatable bonds is 3. The Balaban J connectivity index is 1.91. The van der Waals surface area contributed by atoms with Gasteiger partial charge in [0.2, 0.25) is 0 Å². The smallest absolute Gasteiger partial charge is 0.196 e. The quantitative estimate of drug-likeness (QED) is 0.647. The minimum Gasteiger partial charge on any atom is -0.354 e. The molecule has 0 spiro atoms. The largest absolute Gasteiger partial charge is 0.354 e. The van der Waals surface area contributed by atoms with Crippen molar-refractivity contribution in [3.05, 3.63) is 100 Å². The highest BCUT2D eigenvalue weighted by Gasteiger charge is 2.30. The van der Waals surface area contributed by atoms with E-state index < -0.39 is 0 Å². The molecule has 0 fully saturated rings. The van der Waals surface area contributed by atoms with Gasteiger partial charge in [-0.05, 0) is 30.2 Å². The molecule has 3 heteroatoms. The SMILES string of the molecule is Cc1ccc(Cl)cc1NC1=C(c2ccccc2)C(=O)c2ccccc21. The Kier molecular flexibility index (Phi) is 3.90. The number of anilines is 1. The lowest BCUT2D eigenvalue weighted by molar-refractivity contribution is 0.105. The summed E-state index contributed by atoms with van der Waals surface area (Å²) in [5, 5.41) is 4.12. The van der Waals surface area contributed by atoms with E-state index in [-0.39, 0.29) is 5.78 Å². The molecule has 3 aromatic rings. The van der Waals surface area contributed by atoms with E-state index in [4.69, 9.17) is 11.6 Å².